The molecule has 2 N–H and O–H groups in total. The van der Waals surface area contributed by atoms with Gasteiger partial charge in [-0.15, -0.1) is 0 Å². The second kappa shape index (κ2) is 4.84. The number of amides is 1. The van der Waals surface area contributed by atoms with E-state index in [9.17, 15) is 4.79 Å². The highest BCUT2D eigenvalue weighted by Gasteiger charge is 2.18. The molecule has 84 valence electrons. The Hall–Kier alpha value is -1.77. The van der Waals surface area contributed by atoms with Gasteiger partial charge in [0.2, 0.25) is 0 Å². The molecule has 2 unspecified atom stereocenters. The maximum absolute atomic E-state index is 10.6. The minimum atomic E-state index is -0.701. The van der Waals surface area contributed by atoms with E-state index in [-0.39, 0.29) is 6.10 Å². The van der Waals surface area contributed by atoms with E-state index < -0.39 is 6.09 Å². The molecule has 0 saturated carbocycles. The summed E-state index contributed by atoms with van der Waals surface area (Å²) in [7, 11) is 0. The summed E-state index contributed by atoms with van der Waals surface area (Å²) in [6.45, 7) is 0. The van der Waals surface area contributed by atoms with Crippen LogP contribution in [0, 0.1) is 0 Å². The molecule has 1 aromatic carbocycles. The van der Waals surface area contributed by atoms with Crippen molar-refractivity contribution in [3.63, 3.8) is 0 Å². The third kappa shape index (κ3) is 2.63. The summed E-state index contributed by atoms with van der Waals surface area (Å²) in [6.07, 6.45) is 4.97. The van der Waals surface area contributed by atoms with Crippen molar-refractivity contribution in [3.8, 4) is 0 Å². The molecule has 3 nitrogen and oxygen atoms in total. The number of carbonyl (C=O) groups is 1. The Kier molecular flexibility index (Phi) is 3.25. The van der Waals surface area contributed by atoms with Gasteiger partial charge in [0.05, 0.1) is 0 Å². The zero-order valence-corrected chi connectivity index (χ0v) is 9.00. The first-order valence-electron chi connectivity index (χ1n) is 5.45. The summed E-state index contributed by atoms with van der Waals surface area (Å²) in [5, 5.41) is 0. The van der Waals surface area contributed by atoms with Gasteiger partial charge in [0, 0.05) is 5.92 Å². The lowest BCUT2D eigenvalue weighted by molar-refractivity contribution is 0.121. The first kappa shape index (κ1) is 10.7. The van der Waals surface area contributed by atoms with E-state index in [0.29, 0.717) is 5.92 Å². The molecule has 1 aromatic rings. The topological polar surface area (TPSA) is 52.3 Å². The van der Waals surface area contributed by atoms with Crippen LogP contribution in [0.2, 0.25) is 0 Å². The summed E-state index contributed by atoms with van der Waals surface area (Å²) in [4.78, 5) is 10.6. The van der Waals surface area contributed by atoms with Gasteiger partial charge in [-0.25, -0.2) is 4.79 Å². The van der Waals surface area contributed by atoms with Gasteiger partial charge < -0.3 is 10.5 Å². The molecule has 0 saturated heterocycles. The van der Waals surface area contributed by atoms with Crippen LogP contribution in [0.25, 0.3) is 0 Å². The van der Waals surface area contributed by atoms with Gasteiger partial charge in [-0.3, -0.25) is 0 Å². The number of allylic oxidation sites excluding steroid dienone is 1. The van der Waals surface area contributed by atoms with E-state index in [0.717, 1.165) is 12.8 Å². The normalized spacial score (nSPS) is 24.0. The minimum Gasteiger partial charge on any atom is -0.442 e. The zero-order chi connectivity index (χ0) is 11.4. The monoisotopic (exact) mass is 217 g/mol. The van der Waals surface area contributed by atoms with Crippen molar-refractivity contribution in [2.75, 3.05) is 0 Å². The molecule has 3 heteroatoms. The number of hydrogen-bond acceptors (Lipinski definition) is 2. The Morgan fingerprint density at radius 2 is 1.94 bits per heavy atom. The van der Waals surface area contributed by atoms with Gasteiger partial charge in [-0.1, -0.05) is 36.4 Å². The molecular weight excluding hydrogens is 202 g/mol. The number of benzene rings is 1. The molecule has 0 heterocycles. The molecule has 1 amide bonds. The third-order valence-corrected chi connectivity index (χ3v) is 2.82. The predicted octanol–water partition coefficient (Wildman–Crippen LogP) is 2.58. The lowest BCUT2D eigenvalue weighted by atomic mass is 9.88. The van der Waals surface area contributed by atoms with Gasteiger partial charge >= 0.3 is 6.09 Å². The van der Waals surface area contributed by atoms with Gasteiger partial charge in [0.1, 0.15) is 6.10 Å². The highest BCUT2D eigenvalue weighted by Crippen LogP contribution is 2.28. The molecule has 1 aliphatic rings. The van der Waals surface area contributed by atoms with Crippen LogP contribution in [0.5, 0.6) is 0 Å². The number of primary amides is 1. The Morgan fingerprint density at radius 3 is 2.50 bits per heavy atom. The fourth-order valence-electron chi connectivity index (χ4n) is 2.02. The summed E-state index contributed by atoms with van der Waals surface area (Å²) < 4.78 is 4.93. The van der Waals surface area contributed by atoms with Crippen LogP contribution in [0.3, 0.4) is 0 Å². The van der Waals surface area contributed by atoms with E-state index in [4.69, 9.17) is 10.5 Å². The third-order valence-electron chi connectivity index (χ3n) is 2.82. The molecule has 0 bridgehead atoms. The maximum atomic E-state index is 10.6. The average molecular weight is 217 g/mol. The number of nitrogens with two attached hydrogens (primary N) is 1. The van der Waals surface area contributed by atoms with Crippen LogP contribution in [-0.2, 0) is 4.74 Å². The molecule has 2 atom stereocenters. The fourth-order valence-corrected chi connectivity index (χ4v) is 2.02. The van der Waals surface area contributed by atoms with Crippen molar-refractivity contribution >= 4 is 6.09 Å². The van der Waals surface area contributed by atoms with Crippen LogP contribution < -0.4 is 5.73 Å². The SMILES string of the molecule is NC(=O)OC1C=CC(c2ccccc2)CC1. The standard InChI is InChI=1S/C13H15NO2/c14-13(15)16-12-8-6-11(7-9-12)10-4-2-1-3-5-10/h1-6,8,11-12H,7,9H2,(H2,14,15). The molecule has 0 fully saturated rings. The number of carbonyl (C=O) groups excluding carboxylic acids is 1. The van der Waals surface area contributed by atoms with E-state index in [1.807, 2.05) is 24.3 Å². The van der Waals surface area contributed by atoms with Crippen molar-refractivity contribution in [2.45, 2.75) is 24.9 Å². The smallest absolute Gasteiger partial charge is 0.405 e. The first-order chi connectivity index (χ1) is 7.75. The summed E-state index contributed by atoms with van der Waals surface area (Å²) in [6, 6.07) is 10.3. The van der Waals surface area contributed by atoms with E-state index in [1.165, 1.54) is 5.56 Å². The van der Waals surface area contributed by atoms with Crippen molar-refractivity contribution < 1.29 is 9.53 Å². The lowest BCUT2D eigenvalue weighted by Crippen LogP contribution is -2.23. The van der Waals surface area contributed by atoms with Gasteiger partial charge in [-0.2, -0.15) is 0 Å². The zero-order valence-electron chi connectivity index (χ0n) is 9.00. The van der Waals surface area contributed by atoms with E-state index in [1.54, 1.807) is 0 Å². The second-order valence-electron chi connectivity index (χ2n) is 3.95. The number of rotatable bonds is 2. The molecule has 0 radical (unpaired) electrons. The molecule has 16 heavy (non-hydrogen) atoms. The summed E-state index contributed by atoms with van der Waals surface area (Å²) in [5.74, 6) is 0.425. The van der Waals surface area contributed by atoms with Gasteiger partial charge in [-0.05, 0) is 24.5 Å². The molecule has 0 spiro atoms. The highest BCUT2D eigenvalue weighted by atomic mass is 16.6. The van der Waals surface area contributed by atoms with E-state index in [2.05, 4.69) is 18.2 Å². The second-order valence-corrected chi connectivity index (χ2v) is 3.95. The molecule has 0 aliphatic heterocycles. The highest BCUT2D eigenvalue weighted by molar-refractivity contribution is 5.65. The van der Waals surface area contributed by atoms with Crippen LogP contribution in [0.15, 0.2) is 42.5 Å². The van der Waals surface area contributed by atoms with Crippen molar-refractivity contribution in [2.24, 2.45) is 5.73 Å². The quantitative estimate of drug-likeness (QED) is 0.774. The molecule has 1 aliphatic carbocycles. The van der Waals surface area contributed by atoms with E-state index >= 15 is 0 Å². The first-order valence-corrected chi connectivity index (χ1v) is 5.45. The Morgan fingerprint density at radius 1 is 1.19 bits per heavy atom. The number of ether oxygens (including phenoxy) is 1. The molecule has 2 rings (SSSR count). The van der Waals surface area contributed by atoms with Crippen LogP contribution in [0.1, 0.15) is 24.3 Å². The van der Waals surface area contributed by atoms with Crippen molar-refractivity contribution in [3.05, 3.63) is 48.0 Å². The van der Waals surface area contributed by atoms with Gasteiger partial charge in [0.25, 0.3) is 0 Å². The molecular formula is C13H15NO2. The Labute approximate surface area is 94.9 Å². The summed E-state index contributed by atoms with van der Waals surface area (Å²) in [5.41, 5.74) is 6.28. The average Bonchev–Trinajstić information content (AvgIpc) is 2.30. The fraction of sp³-hybridized carbons (Fsp3) is 0.308. The van der Waals surface area contributed by atoms with Crippen molar-refractivity contribution in [1.82, 2.24) is 0 Å². The van der Waals surface area contributed by atoms with Crippen LogP contribution in [-0.4, -0.2) is 12.2 Å². The molecule has 0 aromatic heterocycles. The largest absolute Gasteiger partial charge is 0.442 e. The van der Waals surface area contributed by atoms with Crippen molar-refractivity contribution in [1.29, 1.82) is 0 Å². The summed E-state index contributed by atoms with van der Waals surface area (Å²) >= 11 is 0. The van der Waals surface area contributed by atoms with Crippen LogP contribution >= 0.6 is 0 Å². The predicted molar refractivity (Wildman–Crippen MR) is 62.0 cm³/mol. The Bertz CT molecular complexity index is 386. The Balaban J connectivity index is 2.00. The van der Waals surface area contributed by atoms with Crippen LogP contribution in [0.4, 0.5) is 4.79 Å². The van der Waals surface area contributed by atoms with Gasteiger partial charge in [0.15, 0.2) is 0 Å². The minimum absolute atomic E-state index is 0.155. The lowest BCUT2D eigenvalue weighted by Gasteiger charge is -2.22. The maximum Gasteiger partial charge on any atom is 0.405 e. The number of hydrogen-bond donors (Lipinski definition) is 1.